The van der Waals surface area contributed by atoms with Crippen molar-refractivity contribution in [2.75, 3.05) is 0 Å². The molecule has 1 N–H and O–H groups in total. The van der Waals surface area contributed by atoms with E-state index in [1.54, 1.807) is 12.4 Å². The maximum absolute atomic E-state index is 11.7. The van der Waals surface area contributed by atoms with Crippen LogP contribution in [0.3, 0.4) is 0 Å². The van der Waals surface area contributed by atoms with Gasteiger partial charge in [-0.25, -0.2) is 5.43 Å². The van der Waals surface area contributed by atoms with Crippen molar-refractivity contribution in [3.05, 3.63) is 66.0 Å². The van der Waals surface area contributed by atoms with Crippen LogP contribution in [0, 0.1) is 0 Å². The number of hydrogen-bond acceptors (Lipinski definition) is 3. The van der Waals surface area contributed by atoms with Crippen LogP contribution in [0.2, 0.25) is 0 Å². The molecule has 1 heterocycles. The maximum Gasteiger partial charge on any atom is 0.240 e. The van der Waals surface area contributed by atoms with Crippen LogP contribution in [-0.4, -0.2) is 16.6 Å². The average Bonchev–Trinajstić information content (AvgIpc) is 2.55. The van der Waals surface area contributed by atoms with E-state index in [1.165, 1.54) is 0 Å². The monoisotopic (exact) mass is 281 g/mol. The third-order valence-electron chi connectivity index (χ3n) is 3.03. The lowest BCUT2D eigenvalue weighted by Gasteiger charge is -2.07. The number of nitrogens with one attached hydrogen (secondary N) is 1. The molecule has 108 valence electrons. The zero-order chi connectivity index (χ0) is 14.9. The number of aromatic nitrogens is 1. The summed E-state index contributed by atoms with van der Waals surface area (Å²) in [6, 6.07) is 13.5. The molecule has 0 saturated carbocycles. The zero-order valence-electron chi connectivity index (χ0n) is 12.1. The number of pyridine rings is 1. The van der Waals surface area contributed by atoms with Crippen LogP contribution in [0.5, 0.6) is 0 Å². The van der Waals surface area contributed by atoms with Crippen LogP contribution in [0.1, 0.15) is 37.3 Å². The van der Waals surface area contributed by atoms with Crippen LogP contribution in [-0.2, 0) is 4.79 Å². The van der Waals surface area contributed by atoms with Crippen molar-refractivity contribution in [3.8, 4) is 0 Å². The van der Waals surface area contributed by atoms with Gasteiger partial charge in [0, 0.05) is 29.9 Å². The maximum atomic E-state index is 11.7. The van der Waals surface area contributed by atoms with Gasteiger partial charge in [-0.15, -0.1) is 0 Å². The number of benzene rings is 1. The van der Waals surface area contributed by atoms with Gasteiger partial charge in [0.05, 0.1) is 5.71 Å². The van der Waals surface area contributed by atoms with Crippen molar-refractivity contribution in [2.24, 2.45) is 5.10 Å². The minimum absolute atomic E-state index is 0.0610. The molecule has 4 heteroatoms. The third kappa shape index (κ3) is 4.53. The van der Waals surface area contributed by atoms with Gasteiger partial charge in [0.1, 0.15) is 0 Å². The van der Waals surface area contributed by atoms with E-state index in [0.29, 0.717) is 12.1 Å². The number of amides is 1. The number of carbonyl (C=O) groups is 1. The summed E-state index contributed by atoms with van der Waals surface area (Å²) in [5, 5.41) is 4.29. The number of hydrogen-bond donors (Lipinski definition) is 1. The average molecular weight is 281 g/mol. The van der Waals surface area contributed by atoms with Crippen molar-refractivity contribution in [3.63, 3.8) is 0 Å². The van der Waals surface area contributed by atoms with Gasteiger partial charge < -0.3 is 0 Å². The van der Waals surface area contributed by atoms with Gasteiger partial charge in [0.25, 0.3) is 0 Å². The van der Waals surface area contributed by atoms with Crippen LogP contribution in [0.4, 0.5) is 0 Å². The third-order valence-corrected chi connectivity index (χ3v) is 3.03. The predicted octanol–water partition coefficient (Wildman–Crippen LogP) is 3.14. The number of nitrogens with zero attached hydrogens (tertiary/aromatic N) is 2. The van der Waals surface area contributed by atoms with E-state index in [1.807, 2.05) is 42.5 Å². The van der Waals surface area contributed by atoms with Crippen LogP contribution >= 0.6 is 0 Å². The van der Waals surface area contributed by atoms with E-state index < -0.39 is 0 Å². The Morgan fingerprint density at radius 2 is 1.90 bits per heavy atom. The lowest BCUT2D eigenvalue weighted by atomic mass is 10.0. The van der Waals surface area contributed by atoms with Gasteiger partial charge in [0.15, 0.2) is 0 Å². The summed E-state index contributed by atoms with van der Waals surface area (Å²) in [5.74, 6) is -0.0610. The highest BCUT2D eigenvalue weighted by Crippen LogP contribution is 2.09. The molecule has 1 amide bonds. The molecule has 0 bridgehead atoms. The number of rotatable bonds is 6. The van der Waals surface area contributed by atoms with E-state index in [4.69, 9.17) is 0 Å². The normalized spacial score (nSPS) is 11.2. The second-order valence-electron chi connectivity index (χ2n) is 4.71. The fraction of sp³-hybridized carbons (Fsp3) is 0.235. The summed E-state index contributed by atoms with van der Waals surface area (Å²) in [5.41, 5.74) is 5.17. The summed E-state index contributed by atoms with van der Waals surface area (Å²) in [7, 11) is 0. The van der Waals surface area contributed by atoms with Crippen LogP contribution in [0.15, 0.2) is 60.0 Å². The highest BCUT2D eigenvalue weighted by molar-refractivity contribution is 6.12. The Morgan fingerprint density at radius 3 is 2.57 bits per heavy atom. The first-order valence-electron chi connectivity index (χ1n) is 7.13. The molecule has 0 fully saturated rings. The van der Waals surface area contributed by atoms with Crippen molar-refractivity contribution in [2.45, 2.75) is 26.2 Å². The minimum Gasteiger partial charge on any atom is -0.273 e. The largest absolute Gasteiger partial charge is 0.273 e. The van der Waals surface area contributed by atoms with Gasteiger partial charge in [0.2, 0.25) is 5.91 Å². The van der Waals surface area contributed by atoms with Crippen molar-refractivity contribution in [1.29, 1.82) is 0 Å². The molecule has 0 aliphatic carbocycles. The van der Waals surface area contributed by atoms with Gasteiger partial charge in [-0.3, -0.25) is 9.78 Å². The highest BCUT2D eigenvalue weighted by Gasteiger charge is 2.08. The summed E-state index contributed by atoms with van der Waals surface area (Å²) < 4.78 is 0. The Morgan fingerprint density at radius 1 is 1.14 bits per heavy atom. The first kappa shape index (κ1) is 14.9. The van der Waals surface area contributed by atoms with Crippen molar-refractivity contribution < 1.29 is 4.79 Å². The summed E-state index contributed by atoms with van der Waals surface area (Å²) >= 11 is 0. The first-order valence-corrected chi connectivity index (χ1v) is 7.13. The second kappa shape index (κ2) is 7.94. The Labute approximate surface area is 124 Å². The van der Waals surface area contributed by atoms with E-state index in [9.17, 15) is 4.79 Å². The Balaban J connectivity index is 2.23. The SMILES string of the molecule is CCCCC(=O)NN=C(c1ccccc1)c1cccnc1. The van der Waals surface area contributed by atoms with Gasteiger partial charge in [-0.05, 0) is 18.6 Å². The second-order valence-corrected chi connectivity index (χ2v) is 4.71. The molecule has 21 heavy (non-hydrogen) atoms. The Bertz CT molecular complexity index is 552. The number of carbonyl (C=O) groups excluding carboxylic acids is 1. The summed E-state index contributed by atoms with van der Waals surface area (Å²) in [6.45, 7) is 2.06. The molecule has 1 aromatic carbocycles. The highest BCUT2D eigenvalue weighted by atomic mass is 16.2. The quantitative estimate of drug-likeness (QED) is 0.653. The molecule has 4 nitrogen and oxygen atoms in total. The van der Waals surface area contributed by atoms with Crippen LogP contribution < -0.4 is 5.43 Å². The number of unbranched alkanes of at least 4 members (excludes halogenated alkanes) is 1. The molecule has 0 unspecified atom stereocenters. The Kier molecular flexibility index (Phi) is 5.64. The van der Waals surface area contributed by atoms with Gasteiger partial charge in [-0.2, -0.15) is 5.10 Å². The van der Waals surface area contributed by atoms with E-state index in [2.05, 4.69) is 22.4 Å². The summed E-state index contributed by atoms with van der Waals surface area (Å²) in [6.07, 6.45) is 5.81. The number of hydrazone groups is 1. The molecule has 0 radical (unpaired) electrons. The molecular weight excluding hydrogens is 262 g/mol. The Hall–Kier alpha value is -2.49. The van der Waals surface area contributed by atoms with Gasteiger partial charge >= 0.3 is 0 Å². The fourth-order valence-corrected chi connectivity index (χ4v) is 1.91. The molecule has 0 saturated heterocycles. The van der Waals surface area contributed by atoms with Crippen molar-refractivity contribution in [1.82, 2.24) is 10.4 Å². The van der Waals surface area contributed by atoms with Crippen molar-refractivity contribution >= 4 is 11.6 Å². The van der Waals surface area contributed by atoms with E-state index in [0.717, 1.165) is 24.0 Å². The topological polar surface area (TPSA) is 54.4 Å². The van der Waals surface area contributed by atoms with Gasteiger partial charge in [-0.1, -0.05) is 43.7 Å². The molecule has 1 aromatic heterocycles. The smallest absolute Gasteiger partial charge is 0.240 e. The standard InChI is InChI=1S/C17H19N3O/c1-2-3-11-16(21)19-20-17(14-8-5-4-6-9-14)15-10-7-12-18-13-15/h4-10,12-13H,2-3,11H2,1H3,(H,19,21). The minimum atomic E-state index is -0.0610. The molecular formula is C17H19N3O. The molecule has 2 rings (SSSR count). The van der Waals surface area contributed by atoms with E-state index in [-0.39, 0.29) is 5.91 Å². The fourth-order valence-electron chi connectivity index (χ4n) is 1.91. The molecule has 0 aliphatic heterocycles. The summed E-state index contributed by atoms with van der Waals surface area (Å²) in [4.78, 5) is 15.8. The lowest BCUT2D eigenvalue weighted by Crippen LogP contribution is -2.20. The first-order chi connectivity index (χ1) is 10.3. The van der Waals surface area contributed by atoms with E-state index >= 15 is 0 Å². The zero-order valence-corrected chi connectivity index (χ0v) is 12.1. The molecule has 0 aliphatic rings. The predicted molar refractivity (Wildman–Crippen MR) is 84.0 cm³/mol. The lowest BCUT2D eigenvalue weighted by molar-refractivity contribution is -0.121. The van der Waals surface area contributed by atoms with Crippen LogP contribution in [0.25, 0.3) is 0 Å². The molecule has 0 atom stereocenters. The molecule has 0 spiro atoms. The molecule has 2 aromatic rings.